The van der Waals surface area contributed by atoms with Crippen LogP contribution < -0.4 is 5.32 Å². The van der Waals surface area contributed by atoms with E-state index in [1.165, 1.54) is 11.6 Å². The minimum absolute atomic E-state index is 0.0114. The third-order valence-corrected chi connectivity index (χ3v) is 5.05. The molecule has 0 aromatic carbocycles. The normalized spacial score (nSPS) is 10.7. The van der Waals surface area contributed by atoms with Gasteiger partial charge in [0.25, 0.3) is 5.91 Å². The van der Waals surface area contributed by atoms with E-state index in [1.54, 1.807) is 27.7 Å². The van der Waals surface area contributed by atoms with Gasteiger partial charge in [-0.2, -0.15) is 5.10 Å². The molecule has 0 radical (unpaired) electrons. The molecule has 30 heavy (non-hydrogen) atoms. The summed E-state index contributed by atoms with van der Waals surface area (Å²) in [6, 6.07) is 0. The molecule has 0 aliphatic rings. The summed E-state index contributed by atoms with van der Waals surface area (Å²) < 4.78 is 11.5. The van der Waals surface area contributed by atoms with Gasteiger partial charge in [0.15, 0.2) is 0 Å². The number of amides is 1. The molecule has 1 amide bonds. The maximum atomic E-state index is 12.7. The summed E-state index contributed by atoms with van der Waals surface area (Å²) in [6.45, 7) is 8.65. The average Bonchev–Trinajstić information content (AvgIpc) is 3.23. The quantitative estimate of drug-likeness (QED) is 0.376. The molecule has 0 unspecified atom stereocenters. The molecule has 12 heteroatoms. The van der Waals surface area contributed by atoms with Crippen molar-refractivity contribution in [3.05, 3.63) is 38.0 Å². The monoisotopic (exact) mass is 438 g/mol. The van der Waals surface area contributed by atoms with E-state index < -0.39 is 40.3 Å². The van der Waals surface area contributed by atoms with Gasteiger partial charge >= 0.3 is 17.6 Å². The van der Waals surface area contributed by atoms with Gasteiger partial charge in [0.1, 0.15) is 16.1 Å². The molecule has 0 spiro atoms. The highest BCUT2D eigenvalue weighted by Crippen LogP contribution is 2.35. The first-order chi connectivity index (χ1) is 14.1. The number of aromatic nitrogens is 2. The largest absolute Gasteiger partial charge is 0.462 e. The highest BCUT2D eigenvalue weighted by Gasteiger charge is 2.31. The van der Waals surface area contributed by atoms with E-state index in [0.29, 0.717) is 6.54 Å². The molecule has 0 bridgehead atoms. The molecule has 0 aliphatic heterocycles. The zero-order chi connectivity index (χ0) is 22.6. The number of aryl methyl sites for hydroxylation is 1. The Hall–Kier alpha value is -3.28. The fraction of sp³-hybridized carbons (Fsp3) is 0.444. The van der Waals surface area contributed by atoms with E-state index in [0.717, 1.165) is 17.5 Å². The van der Waals surface area contributed by atoms with Gasteiger partial charge < -0.3 is 14.8 Å². The maximum Gasteiger partial charge on any atom is 0.348 e. The predicted octanol–water partition coefficient (Wildman–Crippen LogP) is 3.18. The molecule has 2 rings (SSSR count). The van der Waals surface area contributed by atoms with Crippen LogP contribution >= 0.6 is 11.3 Å². The van der Waals surface area contributed by atoms with E-state index in [4.69, 9.17) is 9.47 Å². The standard InChI is InChI=1S/C18H22N4O7S/c1-6-21-8-11(22(26)27)13(20-21)15(23)19-16-12(17(24)29-9(3)4)10(5)14(30-16)18(25)28-7-2/h8-9H,6-7H2,1-5H3,(H,19,23). The molecule has 1 N–H and O–H groups in total. The van der Waals surface area contributed by atoms with Crippen LogP contribution in [0.2, 0.25) is 0 Å². The fourth-order valence-corrected chi connectivity index (χ4v) is 3.63. The van der Waals surface area contributed by atoms with Crippen LogP contribution in [-0.4, -0.2) is 45.3 Å². The highest BCUT2D eigenvalue weighted by atomic mass is 32.1. The molecule has 2 heterocycles. The number of carbonyl (C=O) groups excluding carboxylic acids is 3. The third kappa shape index (κ3) is 4.82. The minimum Gasteiger partial charge on any atom is -0.462 e. The second-order valence-electron chi connectivity index (χ2n) is 6.36. The van der Waals surface area contributed by atoms with Crippen molar-refractivity contribution >= 4 is 39.9 Å². The van der Waals surface area contributed by atoms with Crippen LogP contribution in [0.4, 0.5) is 10.7 Å². The summed E-state index contributed by atoms with van der Waals surface area (Å²) in [5, 5.41) is 17.7. The van der Waals surface area contributed by atoms with Crippen LogP contribution in [0.3, 0.4) is 0 Å². The van der Waals surface area contributed by atoms with Gasteiger partial charge in [0.05, 0.1) is 23.2 Å². The van der Waals surface area contributed by atoms with E-state index >= 15 is 0 Å². The van der Waals surface area contributed by atoms with Crippen molar-refractivity contribution in [2.24, 2.45) is 0 Å². The summed E-state index contributed by atoms with van der Waals surface area (Å²) in [5.41, 5.74) is -0.607. The van der Waals surface area contributed by atoms with Gasteiger partial charge in [-0.1, -0.05) is 0 Å². The molecule has 2 aromatic heterocycles. The lowest BCUT2D eigenvalue weighted by Crippen LogP contribution is -2.18. The number of rotatable bonds is 8. The topological polar surface area (TPSA) is 143 Å². The van der Waals surface area contributed by atoms with Crippen molar-refractivity contribution < 1.29 is 28.8 Å². The van der Waals surface area contributed by atoms with Gasteiger partial charge in [-0.3, -0.25) is 19.6 Å². The smallest absolute Gasteiger partial charge is 0.348 e. The molecule has 11 nitrogen and oxygen atoms in total. The Morgan fingerprint density at radius 3 is 2.50 bits per heavy atom. The number of esters is 2. The molecular weight excluding hydrogens is 416 g/mol. The van der Waals surface area contributed by atoms with Gasteiger partial charge in [-0.15, -0.1) is 11.3 Å². The molecule has 0 fully saturated rings. The SMILES string of the molecule is CCOC(=O)c1sc(NC(=O)c2nn(CC)cc2[N+](=O)[O-])c(C(=O)OC(C)C)c1C. The van der Waals surface area contributed by atoms with Crippen molar-refractivity contribution in [3.63, 3.8) is 0 Å². The minimum atomic E-state index is -0.885. The number of anilines is 1. The maximum absolute atomic E-state index is 12.7. The number of carbonyl (C=O) groups is 3. The molecule has 0 atom stereocenters. The van der Waals surface area contributed by atoms with Gasteiger partial charge in [0.2, 0.25) is 5.69 Å². The third-order valence-electron chi connectivity index (χ3n) is 3.86. The van der Waals surface area contributed by atoms with E-state index in [9.17, 15) is 24.5 Å². The van der Waals surface area contributed by atoms with Crippen molar-refractivity contribution in [3.8, 4) is 0 Å². The van der Waals surface area contributed by atoms with Crippen LogP contribution in [0.1, 0.15) is 63.8 Å². The summed E-state index contributed by atoms with van der Waals surface area (Å²) >= 11 is 0.828. The lowest BCUT2D eigenvalue weighted by molar-refractivity contribution is -0.385. The zero-order valence-corrected chi connectivity index (χ0v) is 18.0. The predicted molar refractivity (Wildman–Crippen MR) is 108 cm³/mol. The molecule has 0 saturated heterocycles. The lowest BCUT2D eigenvalue weighted by atomic mass is 10.1. The number of hydrogen-bond donors (Lipinski definition) is 1. The van der Waals surface area contributed by atoms with Gasteiger partial charge in [-0.05, 0) is 40.2 Å². The number of thiophene rings is 1. The Morgan fingerprint density at radius 1 is 1.30 bits per heavy atom. The Balaban J connectivity index is 2.49. The molecule has 0 aliphatic carbocycles. The summed E-state index contributed by atoms with van der Waals surface area (Å²) in [4.78, 5) is 48.2. The molecular formula is C18H22N4O7S. The molecule has 162 valence electrons. The van der Waals surface area contributed by atoms with Crippen molar-refractivity contribution in [1.82, 2.24) is 9.78 Å². The first kappa shape index (κ1) is 23.0. The highest BCUT2D eigenvalue weighted by molar-refractivity contribution is 7.18. The Labute approximate surface area is 176 Å². The number of nitrogens with one attached hydrogen (secondary N) is 1. The van der Waals surface area contributed by atoms with Crippen LogP contribution in [0.25, 0.3) is 0 Å². The van der Waals surface area contributed by atoms with E-state index in [2.05, 4.69) is 10.4 Å². The Morgan fingerprint density at radius 2 is 1.97 bits per heavy atom. The van der Waals surface area contributed by atoms with Gasteiger partial charge in [0, 0.05) is 6.54 Å². The number of ether oxygens (including phenoxy) is 2. The second kappa shape index (κ2) is 9.48. The summed E-state index contributed by atoms with van der Waals surface area (Å²) in [7, 11) is 0. The van der Waals surface area contributed by atoms with Crippen LogP contribution in [-0.2, 0) is 16.0 Å². The lowest BCUT2D eigenvalue weighted by Gasteiger charge is -2.10. The van der Waals surface area contributed by atoms with E-state index in [-0.39, 0.29) is 27.6 Å². The van der Waals surface area contributed by atoms with Gasteiger partial charge in [-0.25, -0.2) is 9.59 Å². The molecule has 0 saturated carbocycles. The second-order valence-corrected chi connectivity index (χ2v) is 7.39. The number of nitro groups is 1. The first-order valence-corrected chi connectivity index (χ1v) is 9.96. The fourth-order valence-electron chi connectivity index (χ4n) is 2.54. The zero-order valence-electron chi connectivity index (χ0n) is 17.2. The number of nitrogens with zero attached hydrogens (tertiary/aromatic N) is 3. The Bertz CT molecular complexity index is 993. The van der Waals surface area contributed by atoms with Crippen LogP contribution in [0.15, 0.2) is 6.20 Å². The Kier molecular flexibility index (Phi) is 7.27. The average molecular weight is 438 g/mol. The van der Waals surface area contributed by atoms with Crippen molar-refractivity contribution in [1.29, 1.82) is 0 Å². The van der Waals surface area contributed by atoms with Crippen LogP contribution in [0, 0.1) is 17.0 Å². The van der Waals surface area contributed by atoms with Crippen LogP contribution in [0.5, 0.6) is 0 Å². The first-order valence-electron chi connectivity index (χ1n) is 9.15. The summed E-state index contributed by atoms with van der Waals surface area (Å²) in [5.74, 6) is -2.28. The number of hydrogen-bond acceptors (Lipinski definition) is 9. The molecule has 2 aromatic rings. The summed E-state index contributed by atoms with van der Waals surface area (Å²) in [6.07, 6.45) is 0.708. The van der Waals surface area contributed by atoms with E-state index in [1.807, 2.05) is 0 Å². The van der Waals surface area contributed by atoms with Crippen molar-refractivity contribution in [2.75, 3.05) is 11.9 Å². The van der Waals surface area contributed by atoms with Crippen molar-refractivity contribution in [2.45, 2.75) is 47.3 Å².